The van der Waals surface area contributed by atoms with Gasteiger partial charge in [0.1, 0.15) is 17.1 Å². The molecule has 0 amide bonds. The predicted octanol–water partition coefficient (Wildman–Crippen LogP) is 3.07. The quantitative estimate of drug-likeness (QED) is 0.627. The van der Waals surface area contributed by atoms with Gasteiger partial charge >= 0.3 is 0 Å². The molecule has 1 aromatic carbocycles. The highest BCUT2D eigenvalue weighted by atomic mass is 19.1. The van der Waals surface area contributed by atoms with Gasteiger partial charge in [0.05, 0.1) is 23.8 Å². The van der Waals surface area contributed by atoms with Crippen molar-refractivity contribution in [2.24, 2.45) is 5.92 Å². The maximum atomic E-state index is 13.3. The van der Waals surface area contributed by atoms with Gasteiger partial charge in [-0.2, -0.15) is 0 Å². The molecule has 3 rings (SSSR count). The number of hydrogen-bond acceptors (Lipinski definition) is 4. The summed E-state index contributed by atoms with van der Waals surface area (Å²) in [6.07, 6.45) is 3.78. The first kappa shape index (κ1) is 11.8. The maximum Gasteiger partial charge on any atom is 0.298 e. The van der Waals surface area contributed by atoms with Gasteiger partial charge in [0.15, 0.2) is 0 Å². The standard InChI is InChI=1S/C13H11FN2O3/c14-10-3-9-4-11(19-7-8-1-2-8)6-15-13(9)12(5-10)16(17)18/h3-6,8H,1-2,7H2. The summed E-state index contributed by atoms with van der Waals surface area (Å²) >= 11 is 0. The Morgan fingerprint density at radius 1 is 1.42 bits per heavy atom. The predicted molar refractivity (Wildman–Crippen MR) is 66.6 cm³/mol. The van der Waals surface area contributed by atoms with Gasteiger partial charge in [-0.25, -0.2) is 9.37 Å². The van der Waals surface area contributed by atoms with E-state index in [1.807, 2.05) is 0 Å². The van der Waals surface area contributed by atoms with Crippen molar-refractivity contribution in [3.63, 3.8) is 0 Å². The molecule has 2 aromatic rings. The average molecular weight is 262 g/mol. The Morgan fingerprint density at radius 2 is 2.21 bits per heavy atom. The number of rotatable bonds is 4. The summed E-state index contributed by atoms with van der Waals surface area (Å²) in [4.78, 5) is 14.2. The smallest absolute Gasteiger partial charge is 0.298 e. The molecule has 19 heavy (non-hydrogen) atoms. The van der Waals surface area contributed by atoms with Crippen molar-refractivity contribution in [2.75, 3.05) is 6.61 Å². The zero-order valence-electron chi connectivity index (χ0n) is 10.0. The average Bonchev–Trinajstić information content (AvgIpc) is 3.18. The summed E-state index contributed by atoms with van der Waals surface area (Å²) in [5.41, 5.74) is -0.158. The van der Waals surface area contributed by atoms with E-state index in [0.29, 0.717) is 23.7 Å². The fraction of sp³-hybridized carbons (Fsp3) is 0.308. The number of nitrogens with zero attached hydrogens (tertiary/aromatic N) is 2. The second-order valence-corrected chi connectivity index (χ2v) is 4.68. The van der Waals surface area contributed by atoms with Crippen molar-refractivity contribution in [1.29, 1.82) is 0 Å². The molecule has 0 radical (unpaired) electrons. The topological polar surface area (TPSA) is 65.3 Å². The molecule has 0 saturated heterocycles. The van der Waals surface area contributed by atoms with Gasteiger partial charge < -0.3 is 4.74 Å². The number of non-ortho nitro benzene ring substituents is 1. The van der Waals surface area contributed by atoms with Crippen molar-refractivity contribution >= 4 is 16.6 Å². The van der Waals surface area contributed by atoms with Crippen molar-refractivity contribution in [2.45, 2.75) is 12.8 Å². The van der Waals surface area contributed by atoms with Crippen molar-refractivity contribution in [1.82, 2.24) is 4.98 Å². The maximum absolute atomic E-state index is 13.3. The zero-order chi connectivity index (χ0) is 13.4. The molecule has 1 aromatic heterocycles. The highest BCUT2D eigenvalue weighted by molar-refractivity contribution is 5.87. The molecule has 1 heterocycles. The largest absolute Gasteiger partial charge is 0.492 e. The number of nitro benzene ring substituents is 1. The molecule has 0 aliphatic heterocycles. The van der Waals surface area contributed by atoms with E-state index in [1.54, 1.807) is 6.07 Å². The number of ether oxygens (including phenoxy) is 1. The molecule has 0 atom stereocenters. The lowest BCUT2D eigenvalue weighted by Crippen LogP contribution is -2.00. The molecule has 1 aliphatic carbocycles. The Kier molecular flexibility index (Phi) is 2.77. The molecule has 1 saturated carbocycles. The van der Waals surface area contributed by atoms with Crippen molar-refractivity contribution < 1.29 is 14.1 Å². The summed E-state index contributed by atoms with van der Waals surface area (Å²) in [5, 5.41) is 11.2. The van der Waals surface area contributed by atoms with Crippen LogP contribution in [-0.2, 0) is 0 Å². The van der Waals surface area contributed by atoms with Gasteiger partial charge in [-0.15, -0.1) is 0 Å². The van der Waals surface area contributed by atoms with Crippen LogP contribution in [0.1, 0.15) is 12.8 Å². The van der Waals surface area contributed by atoms with Gasteiger partial charge in [0.2, 0.25) is 0 Å². The number of nitro groups is 1. The number of hydrogen-bond donors (Lipinski definition) is 0. The Bertz CT molecular complexity index is 656. The fourth-order valence-corrected chi connectivity index (χ4v) is 1.89. The SMILES string of the molecule is O=[N+]([O-])c1cc(F)cc2cc(OCC3CC3)cnc12. The summed E-state index contributed by atoms with van der Waals surface area (Å²) < 4.78 is 18.9. The van der Waals surface area contributed by atoms with E-state index in [4.69, 9.17) is 4.74 Å². The van der Waals surface area contributed by atoms with Gasteiger partial charge in [0, 0.05) is 5.39 Å². The van der Waals surface area contributed by atoms with Crippen LogP contribution in [-0.4, -0.2) is 16.5 Å². The highest BCUT2D eigenvalue weighted by Crippen LogP contribution is 2.31. The van der Waals surface area contributed by atoms with E-state index < -0.39 is 10.7 Å². The molecule has 5 nitrogen and oxygen atoms in total. The molecule has 0 N–H and O–H groups in total. The van der Waals surface area contributed by atoms with E-state index in [2.05, 4.69) is 4.98 Å². The van der Waals surface area contributed by atoms with E-state index in [1.165, 1.54) is 25.1 Å². The Labute approximate surface area is 108 Å². The summed E-state index contributed by atoms with van der Waals surface area (Å²) in [7, 11) is 0. The number of benzene rings is 1. The monoisotopic (exact) mass is 262 g/mol. The first-order valence-electron chi connectivity index (χ1n) is 6.00. The lowest BCUT2D eigenvalue weighted by Gasteiger charge is -2.06. The van der Waals surface area contributed by atoms with Crippen LogP contribution >= 0.6 is 0 Å². The summed E-state index contributed by atoms with van der Waals surface area (Å²) in [6.45, 7) is 0.616. The first-order chi connectivity index (χ1) is 9.13. The van der Waals surface area contributed by atoms with Crippen molar-refractivity contribution in [3.8, 4) is 5.75 Å². The lowest BCUT2D eigenvalue weighted by molar-refractivity contribution is -0.383. The molecular weight excluding hydrogens is 251 g/mol. The third-order valence-corrected chi connectivity index (χ3v) is 3.08. The summed E-state index contributed by atoms with van der Waals surface area (Å²) in [6, 6.07) is 3.68. The summed E-state index contributed by atoms with van der Waals surface area (Å²) in [5.74, 6) is 0.456. The van der Waals surface area contributed by atoms with Crippen LogP contribution in [0.2, 0.25) is 0 Å². The molecule has 0 spiro atoms. The van der Waals surface area contributed by atoms with Crippen LogP contribution in [0.3, 0.4) is 0 Å². The number of pyridine rings is 1. The Morgan fingerprint density at radius 3 is 2.89 bits per heavy atom. The third kappa shape index (κ3) is 2.47. The minimum Gasteiger partial charge on any atom is -0.492 e. The molecule has 1 aliphatic rings. The van der Waals surface area contributed by atoms with Crippen LogP contribution < -0.4 is 4.74 Å². The normalized spacial score (nSPS) is 14.6. The van der Waals surface area contributed by atoms with Gasteiger partial charge in [0.25, 0.3) is 5.69 Å². The number of aromatic nitrogens is 1. The first-order valence-corrected chi connectivity index (χ1v) is 6.00. The van der Waals surface area contributed by atoms with Crippen LogP contribution in [0.25, 0.3) is 10.9 Å². The molecule has 0 bridgehead atoms. The van der Waals surface area contributed by atoms with Gasteiger partial charge in [-0.05, 0) is 30.9 Å². The molecule has 98 valence electrons. The minimum atomic E-state index is -0.652. The van der Waals surface area contributed by atoms with E-state index in [0.717, 1.165) is 6.07 Å². The Balaban J connectivity index is 1.99. The second kappa shape index (κ2) is 4.46. The minimum absolute atomic E-state index is 0.171. The molecule has 6 heteroatoms. The van der Waals surface area contributed by atoms with Crippen LogP contribution in [0.5, 0.6) is 5.75 Å². The molecule has 0 unspecified atom stereocenters. The highest BCUT2D eigenvalue weighted by Gasteiger charge is 2.22. The third-order valence-electron chi connectivity index (χ3n) is 3.08. The number of fused-ring (bicyclic) bond motifs is 1. The lowest BCUT2D eigenvalue weighted by atomic mass is 10.2. The zero-order valence-corrected chi connectivity index (χ0v) is 10.0. The second-order valence-electron chi connectivity index (χ2n) is 4.68. The van der Waals surface area contributed by atoms with E-state index in [-0.39, 0.29) is 11.2 Å². The van der Waals surface area contributed by atoms with Crippen LogP contribution in [0.4, 0.5) is 10.1 Å². The van der Waals surface area contributed by atoms with Crippen molar-refractivity contribution in [3.05, 3.63) is 40.3 Å². The van der Waals surface area contributed by atoms with E-state index >= 15 is 0 Å². The molecular formula is C13H11FN2O3. The number of halogens is 1. The fourth-order valence-electron chi connectivity index (χ4n) is 1.89. The van der Waals surface area contributed by atoms with Gasteiger partial charge in [-0.1, -0.05) is 0 Å². The molecule has 1 fully saturated rings. The van der Waals surface area contributed by atoms with Crippen LogP contribution in [0, 0.1) is 21.8 Å². The van der Waals surface area contributed by atoms with Crippen LogP contribution in [0.15, 0.2) is 24.4 Å². The van der Waals surface area contributed by atoms with Gasteiger partial charge in [-0.3, -0.25) is 10.1 Å². The Hall–Kier alpha value is -2.24. The van der Waals surface area contributed by atoms with E-state index in [9.17, 15) is 14.5 Å².